The van der Waals surface area contributed by atoms with Crippen molar-refractivity contribution in [3.63, 3.8) is 0 Å². The van der Waals surface area contributed by atoms with Crippen LogP contribution in [0.1, 0.15) is 17.0 Å². The summed E-state index contributed by atoms with van der Waals surface area (Å²) in [4.78, 5) is 11.8. The smallest absolute Gasteiger partial charge is 0.277 e. The molecule has 0 aliphatic rings. The average molecular weight is 323 g/mol. The summed E-state index contributed by atoms with van der Waals surface area (Å²) in [5.74, 6) is 1.50. The zero-order chi connectivity index (χ0) is 15.1. The van der Waals surface area contributed by atoms with E-state index in [0.29, 0.717) is 23.4 Å². The summed E-state index contributed by atoms with van der Waals surface area (Å²) in [6.45, 7) is 2.57. The van der Waals surface area contributed by atoms with Crippen LogP contribution in [0.15, 0.2) is 33.9 Å². The van der Waals surface area contributed by atoms with Gasteiger partial charge in [-0.3, -0.25) is 4.79 Å². The predicted molar refractivity (Wildman–Crippen MR) is 85.3 cm³/mol. The van der Waals surface area contributed by atoms with E-state index in [1.165, 1.54) is 17.3 Å². The third-order valence-electron chi connectivity index (χ3n) is 2.78. The van der Waals surface area contributed by atoms with Crippen molar-refractivity contribution < 1.29 is 9.21 Å². The van der Waals surface area contributed by atoms with Crippen LogP contribution in [0.2, 0.25) is 0 Å². The van der Waals surface area contributed by atoms with E-state index in [-0.39, 0.29) is 11.7 Å². The molecule has 0 bridgehead atoms. The molecule has 0 atom stereocenters. The summed E-state index contributed by atoms with van der Waals surface area (Å²) in [5, 5.41) is 11.1. The Morgan fingerprint density at radius 3 is 2.90 bits per heavy atom. The van der Waals surface area contributed by atoms with Crippen molar-refractivity contribution in [2.45, 2.75) is 24.4 Å². The standard InChI is InChI=1S/C14H17N3O2S2/c1-10-5-3-4-6-11(10)7-15-12(18)8-21-14-17-16-13(19-14)9-20-2/h3-6H,7-9H2,1-2H3,(H,15,18). The molecule has 2 rings (SSSR count). The van der Waals surface area contributed by atoms with Crippen molar-refractivity contribution in [2.75, 3.05) is 12.0 Å². The number of amides is 1. The van der Waals surface area contributed by atoms with Gasteiger partial charge in [-0.2, -0.15) is 11.8 Å². The van der Waals surface area contributed by atoms with E-state index in [2.05, 4.69) is 15.5 Å². The van der Waals surface area contributed by atoms with Gasteiger partial charge in [-0.05, 0) is 24.3 Å². The third kappa shape index (κ3) is 5.09. The number of hydrogen-bond donors (Lipinski definition) is 1. The van der Waals surface area contributed by atoms with Gasteiger partial charge in [0, 0.05) is 6.54 Å². The number of aromatic nitrogens is 2. The minimum absolute atomic E-state index is 0.0483. The van der Waals surface area contributed by atoms with Crippen molar-refractivity contribution in [1.29, 1.82) is 0 Å². The highest BCUT2D eigenvalue weighted by Gasteiger charge is 2.09. The topological polar surface area (TPSA) is 68.0 Å². The highest BCUT2D eigenvalue weighted by Crippen LogP contribution is 2.17. The zero-order valence-electron chi connectivity index (χ0n) is 12.0. The number of thioether (sulfide) groups is 2. The lowest BCUT2D eigenvalue weighted by molar-refractivity contribution is -0.118. The fourth-order valence-electron chi connectivity index (χ4n) is 1.66. The second-order valence-electron chi connectivity index (χ2n) is 4.39. The SMILES string of the molecule is CSCc1nnc(SCC(=O)NCc2ccccc2C)o1. The lowest BCUT2D eigenvalue weighted by Crippen LogP contribution is -2.24. The maximum absolute atomic E-state index is 11.8. The van der Waals surface area contributed by atoms with Crippen LogP contribution in [0.4, 0.5) is 0 Å². The molecule has 2 aromatic rings. The molecular formula is C14H17N3O2S2. The molecule has 0 unspecified atom stereocenters. The van der Waals surface area contributed by atoms with E-state index in [9.17, 15) is 4.79 Å². The van der Waals surface area contributed by atoms with E-state index < -0.39 is 0 Å². The lowest BCUT2D eigenvalue weighted by atomic mass is 10.1. The molecule has 1 heterocycles. The van der Waals surface area contributed by atoms with Crippen LogP contribution in [0.3, 0.4) is 0 Å². The lowest BCUT2D eigenvalue weighted by Gasteiger charge is -2.06. The van der Waals surface area contributed by atoms with Crippen LogP contribution in [-0.4, -0.2) is 28.1 Å². The number of carbonyl (C=O) groups excluding carboxylic acids is 1. The Bertz CT molecular complexity index is 601. The van der Waals surface area contributed by atoms with E-state index in [0.717, 1.165) is 5.56 Å². The molecule has 0 saturated heterocycles. The molecule has 0 saturated carbocycles. The predicted octanol–water partition coefficient (Wildman–Crippen LogP) is 2.65. The molecule has 1 aromatic heterocycles. The number of aryl methyl sites for hydroxylation is 1. The number of benzene rings is 1. The van der Waals surface area contributed by atoms with Crippen LogP contribution in [0.25, 0.3) is 0 Å². The summed E-state index contributed by atoms with van der Waals surface area (Å²) in [5.41, 5.74) is 2.29. The molecule has 1 N–H and O–H groups in total. The molecule has 0 aliphatic heterocycles. The quantitative estimate of drug-likeness (QED) is 0.790. The van der Waals surface area contributed by atoms with Crippen LogP contribution in [-0.2, 0) is 17.1 Å². The van der Waals surface area contributed by atoms with Gasteiger partial charge in [-0.25, -0.2) is 0 Å². The second kappa shape index (κ2) is 8.09. The van der Waals surface area contributed by atoms with Gasteiger partial charge in [0.25, 0.3) is 5.22 Å². The Morgan fingerprint density at radius 1 is 1.33 bits per heavy atom. The Morgan fingerprint density at radius 2 is 2.14 bits per heavy atom. The van der Waals surface area contributed by atoms with Crippen LogP contribution in [0, 0.1) is 6.92 Å². The van der Waals surface area contributed by atoms with E-state index >= 15 is 0 Å². The average Bonchev–Trinajstić information content (AvgIpc) is 2.92. The van der Waals surface area contributed by atoms with Crippen LogP contribution < -0.4 is 5.32 Å². The molecule has 0 spiro atoms. The molecule has 1 amide bonds. The van der Waals surface area contributed by atoms with Gasteiger partial charge >= 0.3 is 0 Å². The van der Waals surface area contributed by atoms with Crippen molar-refractivity contribution in [3.8, 4) is 0 Å². The molecule has 0 aliphatic carbocycles. The van der Waals surface area contributed by atoms with Crippen molar-refractivity contribution in [1.82, 2.24) is 15.5 Å². The van der Waals surface area contributed by atoms with Gasteiger partial charge in [-0.1, -0.05) is 36.0 Å². The maximum Gasteiger partial charge on any atom is 0.277 e. The van der Waals surface area contributed by atoms with Gasteiger partial charge in [0.2, 0.25) is 11.8 Å². The van der Waals surface area contributed by atoms with Crippen molar-refractivity contribution >= 4 is 29.4 Å². The number of carbonyl (C=O) groups is 1. The summed E-state index contributed by atoms with van der Waals surface area (Å²) >= 11 is 2.87. The first-order valence-corrected chi connectivity index (χ1v) is 8.82. The van der Waals surface area contributed by atoms with Gasteiger partial charge in [0.15, 0.2) is 0 Å². The molecule has 0 fully saturated rings. The number of nitrogens with one attached hydrogen (secondary N) is 1. The monoisotopic (exact) mass is 323 g/mol. The van der Waals surface area contributed by atoms with Crippen molar-refractivity contribution in [2.24, 2.45) is 0 Å². The zero-order valence-corrected chi connectivity index (χ0v) is 13.6. The molecule has 0 radical (unpaired) electrons. The Kier molecular flexibility index (Phi) is 6.13. The largest absolute Gasteiger partial charge is 0.415 e. The Hall–Kier alpha value is -1.47. The summed E-state index contributed by atoms with van der Waals surface area (Å²) in [6.07, 6.45) is 1.97. The summed E-state index contributed by atoms with van der Waals surface area (Å²) < 4.78 is 5.40. The first kappa shape index (κ1) is 15.9. The summed E-state index contributed by atoms with van der Waals surface area (Å²) in [6, 6.07) is 7.99. The van der Waals surface area contributed by atoms with E-state index in [1.807, 2.05) is 37.4 Å². The Labute approximate surface area is 132 Å². The highest BCUT2D eigenvalue weighted by molar-refractivity contribution is 7.99. The molecule has 5 nitrogen and oxygen atoms in total. The molecule has 21 heavy (non-hydrogen) atoms. The number of hydrogen-bond acceptors (Lipinski definition) is 6. The highest BCUT2D eigenvalue weighted by atomic mass is 32.2. The van der Waals surface area contributed by atoms with Crippen molar-refractivity contribution in [3.05, 3.63) is 41.3 Å². The fourth-order valence-corrected chi connectivity index (χ4v) is 2.63. The van der Waals surface area contributed by atoms with Gasteiger partial charge in [0.05, 0.1) is 11.5 Å². The number of nitrogens with zero attached hydrogens (tertiary/aromatic N) is 2. The van der Waals surface area contributed by atoms with Crippen LogP contribution in [0.5, 0.6) is 0 Å². The van der Waals surface area contributed by atoms with E-state index in [4.69, 9.17) is 4.42 Å². The van der Waals surface area contributed by atoms with Gasteiger partial charge in [-0.15, -0.1) is 10.2 Å². The molecule has 7 heteroatoms. The maximum atomic E-state index is 11.8. The first-order chi connectivity index (χ1) is 10.2. The number of rotatable bonds is 7. The van der Waals surface area contributed by atoms with Crippen LogP contribution >= 0.6 is 23.5 Å². The second-order valence-corrected chi connectivity index (χ2v) is 6.18. The summed E-state index contributed by atoms with van der Waals surface area (Å²) in [7, 11) is 0. The van der Waals surface area contributed by atoms with Gasteiger partial charge in [0.1, 0.15) is 0 Å². The molecular weight excluding hydrogens is 306 g/mol. The Balaban J connectivity index is 1.75. The van der Waals surface area contributed by atoms with E-state index in [1.54, 1.807) is 11.8 Å². The van der Waals surface area contributed by atoms with Gasteiger partial charge < -0.3 is 9.73 Å². The molecule has 112 valence electrons. The molecule has 1 aromatic carbocycles. The fraction of sp³-hybridized carbons (Fsp3) is 0.357. The third-order valence-corrected chi connectivity index (χ3v) is 4.13. The first-order valence-electron chi connectivity index (χ1n) is 6.44. The normalized spacial score (nSPS) is 10.6. The minimum Gasteiger partial charge on any atom is -0.415 e. The minimum atomic E-state index is -0.0483.